The molecule has 11 heteroatoms. The Labute approximate surface area is 240 Å². The third kappa shape index (κ3) is 6.43. The average molecular weight is 576 g/mol. The molecule has 0 aromatic heterocycles. The molecule has 0 radical (unpaired) electrons. The van der Waals surface area contributed by atoms with Gasteiger partial charge in [0.15, 0.2) is 0 Å². The van der Waals surface area contributed by atoms with Crippen LogP contribution < -0.4 is 20.3 Å². The van der Waals surface area contributed by atoms with Crippen molar-refractivity contribution in [2.24, 2.45) is 0 Å². The molecule has 5 rings (SSSR count). The second-order valence-corrected chi connectivity index (χ2v) is 11.8. The van der Waals surface area contributed by atoms with E-state index in [1.54, 1.807) is 42.5 Å². The molecule has 41 heavy (non-hydrogen) atoms. The van der Waals surface area contributed by atoms with Crippen LogP contribution in [0.4, 0.5) is 17.1 Å². The molecule has 1 saturated heterocycles. The number of ether oxygens (including phenoxy) is 1. The predicted molar refractivity (Wildman–Crippen MR) is 161 cm³/mol. The molecule has 2 aliphatic heterocycles. The number of carbonyl (C=O) groups excluding carboxylic acids is 2. The van der Waals surface area contributed by atoms with Crippen molar-refractivity contribution in [2.45, 2.75) is 0 Å². The zero-order valence-corrected chi connectivity index (χ0v) is 23.8. The SMILES string of the molecule is COC(=O)c1ccc2c(c1)NC(=O)C2=C(Nc1ccc(N(CCN2CCNCC2)S(C)(=O)=O)cc1)c1ccccc1. The largest absolute Gasteiger partial charge is 0.465 e. The third-order valence-electron chi connectivity index (χ3n) is 7.15. The fraction of sp³-hybridized carbons (Fsp3) is 0.267. The van der Waals surface area contributed by atoms with Crippen molar-refractivity contribution in [1.82, 2.24) is 10.2 Å². The molecule has 10 nitrogen and oxygen atoms in total. The topological polar surface area (TPSA) is 120 Å². The van der Waals surface area contributed by atoms with Crippen LogP contribution in [0.2, 0.25) is 0 Å². The number of carbonyl (C=O) groups is 2. The maximum Gasteiger partial charge on any atom is 0.337 e. The highest BCUT2D eigenvalue weighted by Gasteiger charge is 2.29. The zero-order valence-electron chi connectivity index (χ0n) is 23.0. The number of nitrogens with zero attached hydrogens (tertiary/aromatic N) is 2. The molecular weight excluding hydrogens is 542 g/mol. The second kappa shape index (κ2) is 12.1. The molecule has 3 N–H and O–H groups in total. The van der Waals surface area contributed by atoms with Crippen molar-refractivity contribution in [3.63, 3.8) is 0 Å². The Morgan fingerprint density at radius 1 is 1.00 bits per heavy atom. The summed E-state index contributed by atoms with van der Waals surface area (Å²) in [5.41, 5.74) is 4.57. The van der Waals surface area contributed by atoms with Crippen LogP contribution in [-0.2, 0) is 19.6 Å². The fourth-order valence-corrected chi connectivity index (χ4v) is 5.98. The fourth-order valence-electron chi connectivity index (χ4n) is 5.06. The van der Waals surface area contributed by atoms with Crippen molar-refractivity contribution in [2.75, 3.05) is 67.6 Å². The van der Waals surface area contributed by atoms with E-state index in [-0.39, 0.29) is 5.91 Å². The van der Waals surface area contributed by atoms with Crippen LogP contribution in [-0.4, -0.2) is 77.8 Å². The summed E-state index contributed by atoms with van der Waals surface area (Å²) in [4.78, 5) is 27.5. The molecule has 0 saturated carbocycles. The van der Waals surface area contributed by atoms with Gasteiger partial charge in [-0.15, -0.1) is 0 Å². The van der Waals surface area contributed by atoms with Gasteiger partial charge in [0.25, 0.3) is 5.91 Å². The van der Waals surface area contributed by atoms with E-state index in [0.717, 1.165) is 31.7 Å². The van der Waals surface area contributed by atoms with E-state index in [0.29, 0.717) is 52.5 Å². The van der Waals surface area contributed by atoms with Crippen LogP contribution in [0.1, 0.15) is 21.5 Å². The summed E-state index contributed by atoms with van der Waals surface area (Å²) in [6.07, 6.45) is 1.22. The van der Waals surface area contributed by atoms with Crippen molar-refractivity contribution >= 4 is 50.2 Å². The molecule has 3 aromatic carbocycles. The molecule has 0 bridgehead atoms. The van der Waals surface area contributed by atoms with Crippen LogP contribution in [0, 0.1) is 0 Å². The van der Waals surface area contributed by atoms with Crippen LogP contribution in [0.5, 0.6) is 0 Å². The van der Waals surface area contributed by atoms with E-state index in [1.807, 2.05) is 30.3 Å². The monoisotopic (exact) mass is 575 g/mol. The molecule has 0 unspecified atom stereocenters. The Hall–Kier alpha value is -4.19. The first-order chi connectivity index (χ1) is 19.7. The number of benzene rings is 3. The molecule has 1 fully saturated rings. The first-order valence-electron chi connectivity index (χ1n) is 13.4. The maximum atomic E-state index is 13.2. The number of fused-ring (bicyclic) bond motifs is 1. The normalized spacial score (nSPS) is 16.5. The number of nitrogens with one attached hydrogen (secondary N) is 3. The van der Waals surface area contributed by atoms with Crippen LogP contribution in [0.15, 0.2) is 72.8 Å². The average Bonchev–Trinajstić information content (AvgIpc) is 3.31. The van der Waals surface area contributed by atoms with Gasteiger partial charge in [-0.1, -0.05) is 36.4 Å². The van der Waals surface area contributed by atoms with E-state index >= 15 is 0 Å². The van der Waals surface area contributed by atoms with Crippen LogP contribution in [0.25, 0.3) is 11.3 Å². The standard InChI is InChI=1S/C30H33N5O5S/c1-40-30(37)22-8-13-25-26(20-22)33-29(36)27(25)28(21-6-4-3-5-7-21)32-23-9-11-24(12-10-23)35(41(2,38)39)19-18-34-16-14-31-15-17-34/h3-13,20,31-32H,14-19H2,1-2H3,(H,33,36). The summed E-state index contributed by atoms with van der Waals surface area (Å²) in [5.74, 6) is -0.793. The van der Waals surface area contributed by atoms with Gasteiger partial charge in [-0.3, -0.25) is 14.0 Å². The summed E-state index contributed by atoms with van der Waals surface area (Å²) in [6.45, 7) is 4.57. The minimum Gasteiger partial charge on any atom is -0.465 e. The number of hydrogen-bond acceptors (Lipinski definition) is 8. The van der Waals surface area contributed by atoms with E-state index in [4.69, 9.17) is 4.74 Å². The first-order valence-corrected chi connectivity index (χ1v) is 15.2. The van der Waals surface area contributed by atoms with E-state index in [2.05, 4.69) is 20.9 Å². The molecule has 214 valence electrons. The van der Waals surface area contributed by atoms with E-state index < -0.39 is 16.0 Å². The molecule has 0 aliphatic carbocycles. The van der Waals surface area contributed by atoms with Crippen molar-refractivity contribution < 1.29 is 22.7 Å². The highest BCUT2D eigenvalue weighted by atomic mass is 32.2. The Morgan fingerprint density at radius 3 is 2.37 bits per heavy atom. The molecule has 0 spiro atoms. The number of esters is 1. The Bertz CT molecular complexity index is 1570. The molecule has 0 atom stereocenters. The van der Waals surface area contributed by atoms with Crippen LogP contribution in [0.3, 0.4) is 0 Å². The first kappa shape index (κ1) is 28.3. The number of methoxy groups -OCH3 is 1. The summed E-state index contributed by atoms with van der Waals surface area (Å²) in [6, 6.07) is 21.6. The van der Waals surface area contributed by atoms with E-state index in [1.165, 1.54) is 17.7 Å². The number of anilines is 3. The lowest BCUT2D eigenvalue weighted by Crippen LogP contribution is -2.47. The number of amides is 1. The van der Waals surface area contributed by atoms with Crippen molar-refractivity contribution in [1.29, 1.82) is 0 Å². The van der Waals surface area contributed by atoms with E-state index in [9.17, 15) is 18.0 Å². The smallest absolute Gasteiger partial charge is 0.337 e. The maximum absolute atomic E-state index is 13.2. The lowest BCUT2D eigenvalue weighted by molar-refractivity contribution is -0.110. The molecule has 2 aliphatic rings. The van der Waals surface area contributed by atoms with Crippen LogP contribution >= 0.6 is 0 Å². The van der Waals surface area contributed by atoms with Gasteiger partial charge in [0.05, 0.1) is 41.6 Å². The summed E-state index contributed by atoms with van der Waals surface area (Å²) >= 11 is 0. The Balaban J connectivity index is 1.45. The summed E-state index contributed by atoms with van der Waals surface area (Å²) in [5, 5.41) is 9.56. The Morgan fingerprint density at radius 2 is 1.71 bits per heavy atom. The lowest BCUT2D eigenvalue weighted by atomic mass is 9.99. The van der Waals surface area contributed by atoms with Crippen molar-refractivity contribution in [3.05, 3.63) is 89.5 Å². The molecule has 1 amide bonds. The number of hydrogen-bond donors (Lipinski definition) is 3. The van der Waals surface area contributed by atoms with Gasteiger partial charge in [-0.05, 0) is 42.0 Å². The quantitative estimate of drug-likeness (QED) is 0.263. The minimum atomic E-state index is -3.49. The minimum absolute atomic E-state index is 0.304. The van der Waals surface area contributed by atoms with Gasteiger partial charge < -0.3 is 20.7 Å². The van der Waals surface area contributed by atoms with Gasteiger partial charge in [-0.2, -0.15) is 0 Å². The summed E-state index contributed by atoms with van der Waals surface area (Å²) in [7, 11) is -2.18. The van der Waals surface area contributed by atoms with Crippen molar-refractivity contribution in [3.8, 4) is 0 Å². The van der Waals surface area contributed by atoms with Gasteiger partial charge in [-0.25, -0.2) is 13.2 Å². The highest BCUT2D eigenvalue weighted by Crippen LogP contribution is 2.38. The molecule has 3 aromatic rings. The summed E-state index contributed by atoms with van der Waals surface area (Å²) < 4.78 is 31.6. The van der Waals surface area contributed by atoms with Gasteiger partial charge in [0, 0.05) is 50.5 Å². The van der Waals surface area contributed by atoms with Gasteiger partial charge in [0.2, 0.25) is 10.0 Å². The zero-order chi connectivity index (χ0) is 29.0. The van der Waals surface area contributed by atoms with Gasteiger partial charge in [0.1, 0.15) is 0 Å². The predicted octanol–water partition coefficient (Wildman–Crippen LogP) is 3.08. The third-order valence-corrected chi connectivity index (χ3v) is 8.35. The lowest BCUT2D eigenvalue weighted by Gasteiger charge is -2.30. The highest BCUT2D eigenvalue weighted by molar-refractivity contribution is 7.92. The number of sulfonamides is 1. The molecule has 2 heterocycles. The second-order valence-electron chi connectivity index (χ2n) is 9.92. The molecular formula is C30H33N5O5S. The Kier molecular flexibility index (Phi) is 8.39. The number of rotatable bonds is 9. The van der Waals surface area contributed by atoms with Gasteiger partial charge >= 0.3 is 5.97 Å². The number of piperazine rings is 1.